The summed E-state index contributed by atoms with van der Waals surface area (Å²) in [6.07, 6.45) is 0. The minimum absolute atomic E-state index is 0.898. The zero-order valence-electron chi connectivity index (χ0n) is 3.65. The summed E-state index contributed by atoms with van der Waals surface area (Å²) in [5.74, 6) is -1.05. The van der Waals surface area contributed by atoms with Crippen LogP contribution in [0.1, 0.15) is 6.92 Å². The third kappa shape index (κ3) is 2.39. The Hall–Kier alpha value is -0.310. The molecular weight excluding hydrogens is 122 g/mol. The molecule has 1 atom stereocenters. The summed E-state index contributed by atoms with van der Waals surface area (Å²) in [5, 5.41) is -0.898. The van der Waals surface area contributed by atoms with E-state index in [0.29, 0.717) is 0 Å². The first kappa shape index (κ1) is 6.69. The Bertz CT molecular complexity index is 73.3. The highest BCUT2D eigenvalue weighted by molar-refractivity contribution is 6.29. The van der Waals surface area contributed by atoms with Gasteiger partial charge in [0.2, 0.25) is 0 Å². The van der Waals surface area contributed by atoms with Crippen molar-refractivity contribution in [3.8, 4) is 0 Å². The van der Waals surface area contributed by atoms with Gasteiger partial charge in [-0.2, -0.15) is 0 Å². The average Bonchev–Trinajstić information content (AvgIpc) is 1.65. The van der Waals surface area contributed by atoms with Gasteiger partial charge in [0, 0.05) is 4.53 Å². The van der Waals surface area contributed by atoms with E-state index in [1.54, 1.807) is 0 Å². The van der Waals surface area contributed by atoms with Gasteiger partial charge in [-0.05, 0) is 6.92 Å². The van der Waals surface area contributed by atoms with E-state index < -0.39 is 11.3 Å². The van der Waals surface area contributed by atoms with Crippen molar-refractivity contribution in [1.29, 1.82) is 0 Å². The van der Waals surface area contributed by atoms with E-state index in [1.165, 1.54) is 6.92 Å². The van der Waals surface area contributed by atoms with Crippen LogP contribution in [0, 0.1) is 0 Å². The quantitative estimate of drug-likeness (QED) is 0.491. The maximum absolute atomic E-state index is 10.7. The lowest BCUT2D eigenvalue weighted by molar-refractivity contribution is -0.182. The number of carbonyl (C=O) groups excluding carboxylic acids is 1. The zero-order chi connectivity index (χ0) is 5.86. The van der Waals surface area contributed by atoms with Gasteiger partial charge in [0.15, 0.2) is 0 Å². The molecule has 0 saturated carbocycles. The molecule has 2 nitrogen and oxygen atoms in total. The first-order chi connectivity index (χ1) is 3.18. The van der Waals surface area contributed by atoms with Crippen molar-refractivity contribution in [2.45, 2.75) is 12.3 Å². The van der Waals surface area contributed by atoms with Crippen LogP contribution in [0.15, 0.2) is 0 Å². The minimum Gasteiger partial charge on any atom is -0.253 e. The number of hydrogen-bond donors (Lipinski definition) is 0. The van der Waals surface area contributed by atoms with Crippen LogP contribution in [0.3, 0.4) is 0 Å². The van der Waals surface area contributed by atoms with Gasteiger partial charge in [0.05, 0.1) is 0 Å². The summed E-state index contributed by atoms with van der Waals surface area (Å²) in [4.78, 5) is 12.5. The van der Waals surface area contributed by atoms with Crippen LogP contribution < -0.4 is 0 Å². The molecule has 42 valence electrons. The summed E-state index contributed by atoms with van der Waals surface area (Å²) in [6.45, 7) is 1.32. The molecule has 0 aliphatic carbocycles. The number of carbonyl (C=O) groups is 1. The molecule has 0 amide bonds. The molecule has 0 N–H and O–H groups in total. The molecule has 0 fully saturated rings. The molecule has 0 aromatic carbocycles. The molecule has 0 spiro atoms. The Kier molecular flexibility index (Phi) is 2.67. The zero-order valence-corrected chi connectivity index (χ0v) is 4.41. The SMILES string of the molecule is CC(Cl)C(=O)OF. The molecule has 0 aromatic rings. The lowest BCUT2D eigenvalue weighted by Crippen LogP contribution is -2.09. The Labute approximate surface area is 45.1 Å². The second-order valence-electron chi connectivity index (χ2n) is 1.01. The average molecular weight is 127 g/mol. The maximum Gasteiger partial charge on any atom is 0.366 e. The van der Waals surface area contributed by atoms with Crippen molar-refractivity contribution in [2.75, 3.05) is 0 Å². The van der Waals surface area contributed by atoms with Gasteiger partial charge >= 0.3 is 5.97 Å². The van der Waals surface area contributed by atoms with Gasteiger partial charge in [-0.25, -0.2) is 4.79 Å². The Morgan fingerprint density at radius 1 is 2.00 bits per heavy atom. The van der Waals surface area contributed by atoms with Crippen molar-refractivity contribution in [3.05, 3.63) is 0 Å². The van der Waals surface area contributed by atoms with Gasteiger partial charge in [-0.3, -0.25) is 4.94 Å². The molecule has 0 bridgehead atoms. The fraction of sp³-hybridized carbons (Fsp3) is 0.667. The van der Waals surface area contributed by atoms with Crippen LogP contribution in [0.2, 0.25) is 0 Å². The molecule has 7 heavy (non-hydrogen) atoms. The van der Waals surface area contributed by atoms with Crippen LogP contribution >= 0.6 is 11.6 Å². The Balaban J connectivity index is 3.35. The molecule has 0 aliphatic heterocycles. The first-order valence-corrected chi connectivity index (χ1v) is 2.08. The lowest BCUT2D eigenvalue weighted by Gasteiger charge is -1.90. The Morgan fingerprint density at radius 3 is 2.43 bits per heavy atom. The smallest absolute Gasteiger partial charge is 0.253 e. The lowest BCUT2D eigenvalue weighted by atomic mass is 10.5. The maximum atomic E-state index is 10.7. The third-order valence-electron chi connectivity index (χ3n) is 0.401. The predicted molar refractivity (Wildman–Crippen MR) is 22.5 cm³/mol. The molecule has 1 unspecified atom stereocenters. The van der Waals surface area contributed by atoms with Crippen molar-refractivity contribution in [3.63, 3.8) is 0 Å². The van der Waals surface area contributed by atoms with E-state index in [9.17, 15) is 9.32 Å². The van der Waals surface area contributed by atoms with Crippen molar-refractivity contribution < 1.29 is 14.3 Å². The van der Waals surface area contributed by atoms with Crippen molar-refractivity contribution in [2.24, 2.45) is 0 Å². The number of alkyl halides is 1. The summed E-state index contributed by atoms with van der Waals surface area (Å²) in [7, 11) is 0. The highest BCUT2D eigenvalue weighted by Gasteiger charge is 2.09. The normalized spacial score (nSPS) is 13.0. The fourth-order valence-corrected chi connectivity index (χ4v) is 0.0951. The molecule has 0 radical (unpaired) electrons. The second kappa shape index (κ2) is 2.80. The topological polar surface area (TPSA) is 26.3 Å². The molecular formula is C3H4ClFO2. The third-order valence-corrected chi connectivity index (χ3v) is 0.579. The molecule has 0 saturated heterocycles. The number of halogens is 2. The highest BCUT2D eigenvalue weighted by Crippen LogP contribution is 1.95. The first-order valence-electron chi connectivity index (χ1n) is 1.65. The van der Waals surface area contributed by atoms with E-state index in [4.69, 9.17) is 11.6 Å². The molecule has 0 aliphatic rings. The standard InChI is InChI=1S/C3H4ClFO2/c1-2(4)3(6)7-5/h2H,1H3. The largest absolute Gasteiger partial charge is 0.366 e. The summed E-state index contributed by atoms with van der Waals surface area (Å²) >= 11 is 5.01. The second-order valence-corrected chi connectivity index (χ2v) is 1.67. The minimum atomic E-state index is -1.05. The van der Waals surface area contributed by atoms with E-state index in [2.05, 4.69) is 4.94 Å². The molecule has 0 aromatic heterocycles. The number of rotatable bonds is 1. The van der Waals surface area contributed by atoms with Gasteiger partial charge in [-0.15, -0.1) is 11.6 Å². The van der Waals surface area contributed by atoms with E-state index in [0.717, 1.165) is 0 Å². The van der Waals surface area contributed by atoms with Gasteiger partial charge in [0.1, 0.15) is 5.38 Å². The summed E-state index contributed by atoms with van der Waals surface area (Å²) in [6, 6.07) is 0. The number of hydrogen-bond acceptors (Lipinski definition) is 2. The van der Waals surface area contributed by atoms with Gasteiger partial charge in [0.25, 0.3) is 0 Å². The van der Waals surface area contributed by atoms with Crippen LogP contribution in [0.25, 0.3) is 0 Å². The van der Waals surface area contributed by atoms with Crippen molar-refractivity contribution >= 4 is 17.6 Å². The van der Waals surface area contributed by atoms with E-state index in [1.807, 2.05) is 0 Å². The highest BCUT2D eigenvalue weighted by atomic mass is 35.5. The van der Waals surface area contributed by atoms with E-state index >= 15 is 0 Å². The molecule has 4 heteroatoms. The van der Waals surface area contributed by atoms with Gasteiger partial charge in [-0.1, -0.05) is 0 Å². The van der Waals surface area contributed by atoms with Crippen LogP contribution in [0.4, 0.5) is 4.53 Å². The summed E-state index contributed by atoms with van der Waals surface area (Å²) in [5.41, 5.74) is 0. The predicted octanol–water partition coefficient (Wildman–Crippen LogP) is 1.04. The van der Waals surface area contributed by atoms with Crippen LogP contribution in [-0.2, 0) is 9.74 Å². The molecule has 0 heterocycles. The fourth-order valence-electron chi connectivity index (χ4n) is 0.0614. The Morgan fingerprint density at radius 2 is 2.43 bits per heavy atom. The van der Waals surface area contributed by atoms with Gasteiger partial charge < -0.3 is 0 Å². The van der Waals surface area contributed by atoms with Crippen LogP contribution in [0.5, 0.6) is 0 Å². The van der Waals surface area contributed by atoms with E-state index in [-0.39, 0.29) is 0 Å². The van der Waals surface area contributed by atoms with Crippen LogP contribution in [-0.4, -0.2) is 11.3 Å². The monoisotopic (exact) mass is 126 g/mol. The molecule has 0 rings (SSSR count). The summed E-state index contributed by atoms with van der Waals surface area (Å²) < 4.78 is 10.7. The van der Waals surface area contributed by atoms with Crippen molar-refractivity contribution in [1.82, 2.24) is 0 Å².